The van der Waals surface area contributed by atoms with Crippen molar-refractivity contribution in [3.63, 3.8) is 0 Å². The normalized spacial score (nSPS) is 25.0. The zero-order chi connectivity index (χ0) is 33.4. The van der Waals surface area contributed by atoms with Gasteiger partial charge in [0.05, 0.1) is 11.6 Å². The Morgan fingerprint density at radius 2 is 1.92 bits per heavy atom. The van der Waals surface area contributed by atoms with Crippen molar-refractivity contribution in [1.29, 1.82) is 0 Å². The molecule has 2 aliphatic carbocycles. The van der Waals surface area contributed by atoms with Crippen LogP contribution in [0.1, 0.15) is 68.2 Å². The summed E-state index contributed by atoms with van der Waals surface area (Å²) in [5.74, 6) is -2.71. The van der Waals surface area contributed by atoms with Crippen LogP contribution in [0.3, 0.4) is 0 Å². The number of aromatic nitrogens is 4. The molecule has 3 N–H and O–H groups in total. The summed E-state index contributed by atoms with van der Waals surface area (Å²) in [5.41, 5.74) is 4.67. The van der Waals surface area contributed by atoms with Gasteiger partial charge in [0.25, 0.3) is 5.92 Å². The van der Waals surface area contributed by atoms with Crippen LogP contribution in [0.4, 0.5) is 20.3 Å². The molecule has 0 bridgehead atoms. The number of H-pyrrole nitrogens is 2. The van der Waals surface area contributed by atoms with Crippen LogP contribution in [0.25, 0.3) is 22.3 Å². The van der Waals surface area contributed by atoms with Crippen molar-refractivity contribution in [2.24, 2.45) is 17.3 Å². The van der Waals surface area contributed by atoms with Crippen LogP contribution in [0.15, 0.2) is 42.6 Å². The second kappa shape index (κ2) is 11.2. The average Bonchev–Trinajstić information content (AvgIpc) is 3.47. The van der Waals surface area contributed by atoms with Crippen molar-refractivity contribution >= 4 is 40.1 Å². The number of benzene rings is 1. The summed E-state index contributed by atoms with van der Waals surface area (Å²) in [6.45, 7) is 3.37. The van der Waals surface area contributed by atoms with E-state index in [1.165, 1.54) is 0 Å². The predicted molar refractivity (Wildman–Crippen MR) is 177 cm³/mol. The lowest BCUT2D eigenvalue weighted by molar-refractivity contribution is -0.134. The van der Waals surface area contributed by atoms with Gasteiger partial charge in [-0.2, -0.15) is 5.10 Å². The largest absolute Gasteiger partial charge is 0.357 e. The number of carbonyl (C=O) groups is 3. The summed E-state index contributed by atoms with van der Waals surface area (Å²) < 4.78 is 28.9. The quantitative estimate of drug-likeness (QED) is 0.226. The number of imide groups is 1. The maximum atomic E-state index is 14.4. The highest BCUT2D eigenvalue weighted by molar-refractivity contribution is 6.01. The Labute approximate surface area is 276 Å². The molecule has 0 spiro atoms. The van der Waals surface area contributed by atoms with Crippen LogP contribution >= 0.6 is 0 Å². The summed E-state index contributed by atoms with van der Waals surface area (Å²) in [4.78, 5) is 48.9. The Morgan fingerprint density at radius 3 is 2.67 bits per heavy atom. The molecule has 1 aromatic carbocycles. The second-order valence-corrected chi connectivity index (χ2v) is 14.3. The lowest BCUT2D eigenvalue weighted by Gasteiger charge is -2.33. The number of nitrogens with one attached hydrogen (secondary N) is 3. The Balaban J connectivity index is 0.851. The Hall–Kier alpha value is -4.61. The van der Waals surface area contributed by atoms with E-state index in [0.717, 1.165) is 77.3 Å². The number of halogens is 2. The molecule has 2 saturated heterocycles. The molecule has 250 valence electrons. The molecule has 10 nitrogen and oxygen atoms in total. The Morgan fingerprint density at radius 1 is 1.10 bits per heavy atom. The van der Waals surface area contributed by atoms with Gasteiger partial charge >= 0.3 is 0 Å². The summed E-state index contributed by atoms with van der Waals surface area (Å²) in [5, 5.41) is 10.9. The fourth-order valence-electron chi connectivity index (χ4n) is 8.17. The van der Waals surface area contributed by atoms with E-state index >= 15 is 0 Å². The third-order valence-corrected chi connectivity index (χ3v) is 11.5. The number of hydrogen-bond acceptors (Lipinski definition) is 6. The minimum atomic E-state index is -2.64. The van der Waals surface area contributed by atoms with Crippen molar-refractivity contribution in [1.82, 2.24) is 25.5 Å². The van der Waals surface area contributed by atoms with Gasteiger partial charge in [-0.15, -0.1) is 0 Å². The molecule has 12 heteroatoms. The van der Waals surface area contributed by atoms with Crippen LogP contribution < -0.4 is 15.1 Å². The van der Waals surface area contributed by atoms with Crippen LogP contribution in [-0.2, 0) is 27.2 Å². The van der Waals surface area contributed by atoms with Crippen LogP contribution in [0, 0.1) is 17.3 Å². The predicted octanol–water partition coefficient (Wildman–Crippen LogP) is 5.50. The van der Waals surface area contributed by atoms with Gasteiger partial charge in [0, 0.05) is 84.8 Å². The lowest BCUT2D eigenvalue weighted by Crippen LogP contribution is -2.39. The highest BCUT2D eigenvalue weighted by Gasteiger charge is 2.78. The highest BCUT2D eigenvalue weighted by atomic mass is 19.3. The summed E-state index contributed by atoms with van der Waals surface area (Å²) in [6, 6.07) is 11.7. The number of fused-ring (bicyclic) bond motifs is 3. The Kier molecular flexibility index (Phi) is 7.19. The van der Waals surface area contributed by atoms with Crippen LogP contribution in [0.2, 0.25) is 0 Å². The zero-order valence-corrected chi connectivity index (χ0v) is 27.1. The number of amides is 3. The van der Waals surface area contributed by atoms with Gasteiger partial charge in [-0.25, -0.2) is 13.8 Å². The third kappa shape index (κ3) is 5.07. The van der Waals surface area contributed by atoms with E-state index in [-0.39, 0.29) is 23.6 Å². The van der Waals surface area contributed by atoms with Crippen LogP contribution in [-0.4, -0.2) is 63.9 Å². The van der Waals surface area contributed by atoms with Crippen molar-refractivity contribution in [2.75, 3.05) is 29.9 Å². The summed E-state index contributed by atoms with van der Waals surface area (Å²) >= 11 is 0. The van der Waals surface area contributed by atoms with E-state index in [9.17, 15) is 23.2 Å². The van der Waals surface area contributed by atoms with Gasteiger partial charge in [0.2, 0.25) is 17.7 Å². The summed E-state index contributed by atoms with van der Waals surface area (Å²) in [7, 11) is 1.80. The van der Waals surface area contributed by atoms with Crippen molar-refractivity contribution in [3.05, 3.63) is 59.4 Å². The van der Waals surface area contributed by atoms with Crippen LogP contribution in [0.5, 0.6) is 0 Å². The Bertz CT molecular complexity index is 1930. The minimum absolute atomic E-state index is 0.0593. The number of alkyl halides is 2. The van der Waals surface area contributed by atoms with Gasteiger partial charge in [-0.05, 0) is 67.9 Å². The van der Waals surface area contributed by atoms with Crippen molar-refractivity contribution in [2.45, 2.75) is 70.1 Å². The lowest BCUT2D eigenvalue weighted by atomic mass is 9.87. The minimum Gasteiger partial charge on any atom is -0.357 e. The number of aromatic amines is 2. The van der Waals surface area contributed by atoms with E-state index in [1.807, 2.05) is 36.4 Å². The molecule has 4 aromatic rings. The van der Waals surface area contributed by atoms with Gasteiger partial charge in [0.15, 0.2) is 0 Å². The highest BCUT2D eigenvalue weighted by Crippen LogP contribution is 2.70. The standard InChI is InChI=1S/C36H39F2N7O3/c1-35-18-28-25(17-29(35)36(35,37)38)33(43-42-28)27-15-21-4-6-23(16-26(21)40-27)44(2)32(47)10-3-20-11-13-45(14-12-20)30-8-5-22(19-39-30)24-7-9-31(46)41-34(24)48/h4-6,8,15-16,19-20,24,29,40H,3,7,9-14,17-18H2,1-2H3,(H,42,43)(H,41,46,48)/t24?,29-,35?/m0/s1. The molecule has 2 aliphatic heterocycles. The number of anilines is 2. The zero-order valence-electron chi connectivity index (χ0n) is 27.1. The monoisotopic (exact) mass is 655 g/mol. The van der Waals surface area contributed by atoms with E-state index in [4.69, 9.17) is 0 Å². The van der Waals surface area contributed by atoms with E-state index in [0.29, 0.717) is 43.7 Å². The number of pyridine rings is 1. The molecule has 2 unspecified atom stereocenters. The molecule has 1 saturated carbocycles. The van der Waals surface area contributed by atoms with Crippen molar-refractivity contribution in [3.8, 4) is 11.4 Å². The molecular weight excluding hydrogens is 616 g/mol. The van der Waals surface area contributed by atoms with Gasteiger partial charge < -0.3 is 14.8 Å². The average molecular weight is 656 g/mol. The second-order valence-electron chi connectivity index (χ2n) is 14.3. The molecule has 4 aliphatic rings. The SMILES string of the molecule is CN(C(=O)CCC1CCN(c2ccc(C3CCC(=O)NC3=O)cn2)CC1)c1ccc2cc(-c3n[nH]c4c3C[C@@H]3C(F)(F)C3(C)C4)[nH]c2c1. The first-order chi connectivity index (χ1) is 23.0. The first kappa shape index (κ1) is 30.7. The molecule has 3 amide bonds. The van der Waals surface area contributed by atoms with Gasteiger partial charge in [-0.3, -0.25) is 24.8 Å². The molecule has 3 atom stereocenters. The van der Waals surface area contributed by atoms with Gasteiger partial charge in [-0.1, -0.05) is 19.1 Å². The smallest absolute Gasteiger partial charge is 0.258 e. The fraction of sp³-hybridized carbons (Fsp3) is 0.472. The molecule has 5 heterocycles. The molecule has 3 aromatic heterocycles. The maximum Gasteiger partial charge on any atom is 0.258 e. The van der Waals surface area contributed by atoms with Crippen molar-refractivity contribution < 1.29 is 23.2 Å². The molecule has 3 fully saturated rings. The number of hydrogen-bond donors (Lipinski definition) is 3. The maximum absolute atomic E-state index is 14.4. The van der Waals surface area contributed by atoms with E-state index < -0.39 is 17.3 Å². The van der Waals surface area contributed by atoms with E-state index in [2.05, 4.69) is 30.4 Å². The molecule has 8 rings (SSSR count). The number of piperidine rings is 2. The number of rotatable bonds is 7. The first-order valence-electron chi connectivity index (χ1n) is 16.9. The number of carbonyl (C=O) groups excluding carboxylic acids is 3. The molecule has 0 radical (unpaired) electrons. The topological polar surface area (TPSA) is 127 Å². The first-order valence-corrected chi connectivity index (χ1v) is 16.9. The third-order valence-electron chi connectivity index (χ3n) is 11.5. The molecular formula is C36H39F2N7O3. The van der Waals surface area contributed by atoms with Gasteiger partial charge in [0.1, 0.15) is 11.5 Å². The summed E-state index contributed by atoms with van der Waals surface area (Å²) in [6.07, 6.45) is 6.44. The molecule has 48 heavy (non-hydrogen) atoms. The van der Waals surface area contributed by atoms with E-state index in [1.54, 1.807) is 25.1 Å². The number of nitrogens with zero attached hydrogens (tertiary/aromatic N) is 4. The fourth-order valence-corrected chi connectivity index (χ4v) is 8.17.